The van der Waals surface area contributed by atoms with E-state index < -0.39 is 35.0 Å². The molecule has 1 aromatic heterocycles. The van der Waals surface area contributed by atoms with Crippen LogP contribution in [0.15, 0.2) is 14.4 Å². The van der Waals surface area contributed by atoms with Crippen LogP contribution in [0, 0.1) is 0 Å². The highest BCUT2D eigenvalue weighted by molar-refractivity contribution is 7.99. The lowest BCUT2D eigenvalue weighted by atomic mass is 10.4. The summed E-state index contributed by atoms with van der Waals surface area (Å²) in [5, 5.41) is 0. The lowest BCUT2D eigenvalue weighted by molar-refractivity contribution is -0.144. The number of carbonyl (C=O) groups is 4. The van der Waals surface area contributed by atoms with Crippen LogP contribution in [-0.4, -0.2) is 87.8 Å². The minimum atomic E-state index is -0.986. The van der Waals surface area contributed by atoms with Crippen LogP contribution in [0.1, 0.15) is 45.4 Å². The summed E-state index contributed by atoms with van der Waals surface area (Å²) in [5.41, 5.74) is 2.35. The van der Waals surface area contributed by atoms with Gasteiger partial charge in [-0.1, -0.05) is 13.3 Å². The second kappa shape index (κ2) is 21.6. The first-order chi connectivity index (χ1) is 20.2. The van der Waals surface area contributed by atoms with Gasteiger partial charge in [0.05, 0.1) is 51.9 Å². The van der Waals surface area contributed by atoms with Crippen molar-refractivity contribution in [1.29, 1.82) is 0 Å². The van der Waals surface area contributed by atoms with Crippen LogP contribution in [-0.2, 0) is 57.8 Å². The molecule has 0 radical (unpaired) electrons. The summed E-state index contributed by atoms with van der Waals surface area (Å²) in [5.74, 6) is -0.918. The van der Waals surface area contributed by atoms with Crippen molar-refractivity contribution in [1.82, 2.24) is 13.7 Å². The Balaban J connectivity index is 2.80. The quantitative estimate of drug-likeness (QED) is 0.0704. The van der Waals surface area contributed by atoms with Gasteiger partial charge in [-0.3, -0.25) is 19.2 Å². The van der Waals surface area contributed by atoms with Crippen LogP contribution in [0.2, 0.25) is 0 Å². The molecule has 0 unspecified atom stereocenters. The van der Waals surface area contributed by atoms with Crippen molar-refractivity contribution in [3.05, 3.63) is 31.5 Å². The lowest BCUT2D eigenvalue weighted by Gasteiger charge is -2.14. The molecule has 0 aliphatic heterocycles. The van der Waals surface area contributed by atoms with Crippen molar-refractivity contribution in [3.8, 4) is 0 Å². The van der Waals surface area contributed by atoms with E-state index in [0.717, 1.165) is 12.8 Å². The second-order valence-corrected chi connectivity index (χ2v) is 10.3. The number of thioether (sulfide) groups is 1. The summed E-state index contributed by atoms with van der Waals surface area (Å²) in [4.78, 5) is 85.8. The number of rotatable bonds is 22. The Morgan fingerprint density at radius 1 is 0.667 bits per heavy atom. The molecule has 0 bridgehead atoms. The number of nitrogens with zero attached hydrogens (tertiary/aromatic N) is 3. The van der Waals surface area contributed by atoms with Gasteiger partial charge in [-0.05, 0) is 6.42 Å². The van der Waals surface area contributed by atoms with Gasteiger partial charge < -0.3 is 24.7 Å². The lowest BCUT2D eigenvalue weighted by Crippen LogP contribution is -2.55. The molecular formula is C25H40N4O11S2. The molecule has 1 heterocycles. The van der Waals surface area contributed by atoms with Gasteiger partial charge in [0, 0.05) is 23.8 Å². The monoisotopic (exact) mass is 636 g/mol. The van der Waals surface area contributed by atoms with Crippen molar-refractivity contribution in [3.63, 3.8) is 0 Å². The maximum absolute atomic E-state index is 13.0. The smallest absolute Gasteiger partial charge is 0.336 e. The van der Waals surface area contributed by atoms with E-state index >= 15 is 0 Å². The van der Waals surface area contributed by atoms with Crippen LogP contribution in [0.25, 0.3) is 0 Å². The largest absolute Gasteiger partial charge is 0.466 e. The number of thiol groups is 1. The fourth-order valence-electron chi connectivity index (χ4n) is 3.25. The molecule has 0 aromatic carbocycles. The van der Waals surface area contributed by atoms with E-state index in [1.807, 2.05) is 6.92 Å². The third kappa shape index (κ3) is 14.2. The van der Waals surface area contributed by atoms with Crippen LogP contribution >= 0.6 is 24.4 Å². The Hall–Kier alpha value is -3.05. The van der Waals surface area contributed by atoms with Gasteiger partial charge in [-0.15, -0.1) is 0 Å². The SMILES string of the molecule is CCCCOC(=O)CCSCCC(=O)OCCn1c(=O)n(CCOC(=O)CCN)c(=O)n(CCOC(=O)CCS)c1=O. The van der Waals surface area contributed by atoms with E-state index in [9.17, 15) is 33.6 Å². The Labute approximate surface area is 252 Å². The van der Waals surface area contributed by atoms with Crippen molar-refractivity contribution in [2.45, 2.75) is 65.1 Å². The fraction of sp³-hybridized carbons (Fsp3) is 0.720. The first-order valence-corrected chi connectivity index (χ1v) is 15.4. The number of unbranched alkanes of at least 4 members (excludes halogenated alkanes) is 1. The predicted octanol–water partition coefficient (Wildman–Crippen LogP) is -0.673. The van der Waals surface area contributed by atoms with E-state index in [1.54, 1.807) is 0 Å². The fourth-order valence-corrected chi connectivity index (χ4v) is 4.26. The molecule has 1 rings (SSSR count). The number of nitrogens with two attached hydrogens (primary N) is 1. The maximum atomic E-state index is 13.0. The molecule has 1 aromatic rings. The van der Waals surface area contributed by atoms with Crippen molar-refractivity contribution < 1.29 is 38.1 Å². The van der Waals surface area contributed by atoms with Gasteiger partial charge in [0.15, 0.2) is 0 Å². The van der Waals surface area contributed by atoms with Gasteiger partial charge >= 0.3 is 40.9 Å². The molecule has 0 fully saturated rings. The summed E-state index contributed by atoms with van der Waals surface area (Å²) in [7, 11) is 0. The van der Waals surface area contributed by atoms with Crippen molar-refractivity contribution >= 4 is 48.3 Å². The molecule has 0 saturated heterocycles. The normalized spacial score (nSPS) is 10.7. The third-order valence-electron chi connectivity index (χ3n) is 5.45. The average Bonchev–Trinajstić information content (AvgIpc) is 2.94. The van der Waals surface area contributed by atoms with Crippen LogP contribution in [0.3, 0.4) is 0 Å². The number of carbonyl (C=O) groups excluding carboxylic acids is 4. The van der Waals surface area contributed by atoms with Gasteiger partial charge in [0.2, 0.25) is 0 Å². The van der Waals surface area contributed by atoms with Gasteiger partial charge in [-0.25, -0.2) is 28.1 Å². The van der Waals surface area contributed by atoms with Crippen LogP contribution in [0.5, 0.6) is 0 Å². The van der Waals surface area contributed by atoms with Gasteiger partial charge in [0.1, 0.15) is 19.8 Å². The molecule has 0 spiro atoms. The van der Waals surface area contributed by atoms with Gasteiger partial charge in [-0.2, -0.15) is 24.4 Å². The summed E-state index contributed by atoms with van der Waals surface area (Å²) >= 11 is 5.32. The number of aromatic nitrogens is 3. The first kappa shape index (κ1) is 37.0. The second-order valence-electron chi connectivity index (χ2n) is 8.66. The highest BCUT2D eigenvalue weighted by atomic mass is 32.2. The molecule has 0 aliphatic carbocycles. The summed E-state index contributed by atoms with van der Waals surface area (Å²) in [6.07, 6.45) is 1.99. The number of hydrogen-bond donors (Lipinski definition) is 2. The molecule has 0 atom stereocenters. The standard InChI is InChI=1S/C25H40N4O11S2/c1-2-3-12-37-21(32)6-17-42-18-7-22(33)40-15-11-29-24(35)27(9-13-38-19(30)4-8-26)23(34)28(25(29)36)10-14-39-20(31)5-16-41/h41H,2-18,26H2,1H3. The zero-order valence-electron chi connectivity index (χ0n) is 23.8. The maximum Gasteiger partial charge on any atom is 0.336 e. The van der Waals surface area contributed by atoms with Crippen LogP contribution in [0.4, 0.5) is 0 Å². The highest BCUT2D eigenvalue weighted by Crippen LogP contribution is 2.06. The minimum absolute atomic E-state index is 0.0331. The minimum Gasteiger partial charge on any atom is -0.466 e. The van der Waals surface area contributed by atoms with E-state index in [0.29, 0.717) is 31.8 Å². The molecule has 238 valence electrons. The van der Waals surface area contributed by atoms with E-state index in [1.165, 1.54) is 11.8 Å². The topological polar surface area (TPSA) is 197 Å². The summed E-state index contributed by atoms with van der Waals surface area (Å²) in [6.45, 7) is 0.438. The third-order valence-corrected chi connectivity index (χ3v) is 6.65. The van der Waals surface area contributed by atoms with Crippen LogP contribution < -0.4 is 22.8 Å². The number of ether oxygens (including phenoxy) is 4. The van der Waals surface area contributed by atoms with E-state index in [2.05, 4.69) is 12.6 Å². The van der Waals surface area contributed by atoms with E-state index in [-0.39, 0.29) is 83.4 Å². The molecule has 2 N–H and O–H groups in total. The molecule has 15 nitrogen and oxygen atoms in total. The highest BCUT2D eigenvalue weighted by Gasteiger charge is 2.17. The zero-order valence-corrected chi connectivity index (χ0v) is 25.5. The molecule has 0 saturated carbocycles. The Kier molecular flexibility index (Phi) is 19.0. The predicted molar refractivity (Wildman–Crippen MR) is 157 cm³/mol. The molecule has 0 amide bonds. The Morgan fingerprint density at radius 3 is 1.43 bits per heavy atom. The van der Waals surface area contributed by atoms with Crippen molar-refractivity contribution in [2.24, 2.45) is 5.73 Å². The molecular weight excluding hydrogens is 596 g/mol. The summed E-state index contributed by atoms with van der Waals surface area (Å²) in [6, 6.07) is 0. The van der Waals surface area contributed by atoms with Gasteiger partial charge in [0.25, 0.3) is 0 Å². The Bertz CT molecular complexity index is 1130. The zero-order chi connectivity index (χ0) is 31.3. The molecule has 17 heteroatoms. The Morgan fingerprint density at radius 2 is 1.05 bits per heavy atom. The number of hydrogen-bond acceptors (Lipinski definition) is 14. The number of esters is 4. The first-order valence-electron chi connectivity index (χ1n) is 13.6. The molecule has 42 heavy (non-hydrogen) atoms. The summed E-state index contributed by atoms with van der Waals surface area (Å²) < 4.78 is 22.3. The van der Waals surface area contributed by atoms with E-state index in [4.69, 9.17) is 24.7 Å². The average molecular weight is 637 g/mol. The molecule has 0 aliphatic rings. The van der Waals surface area contributed by atoms with Crippen molar-refractivity contribution in [2.75, 3.05) is 50.2 Å².